The zero-order valence-corrected chi connectivity index (χ0v) is 19.0. The van der Waals surface area contributed by atoms with Gasteiger partial charge in [0.25, 0.3) is 5.91 Å². The van der Waals surface area contributed by atoms with Crippen LogP contribution in [0.15, 0.2) is 66.7 Å². The predicted molar refractivity (Wildman–Crippen MR) is 123 cm³/mol. The van der Waals surface area contributed by atoms with Crippen molar-refractivity contribution in [2.24, 2.45) is 0 Å². The third kappa shape index (κ3) is 4.47. The quantitative estimate of drug-likeness (QED) is 0.492. The first kappa shape index (κ1) is 22.9. The number of carbonyl (C=O) groups is 1. The Morgan fingerprint density at radius 1 is 1.00 bits per heavy atom. The third-order valence-corrected chi connectivity index (χ3v) is 5.42. The summed E-state index contributed by atoms with van der Waals surface area (Å²) in [6.07, 6.45) is 0. The SMILES string of the molecule is COc1ccccc1NC(=O)c1c(C)nc2ccc(Cl)cc2c1-c1ccccc1Cl.[Cl-]. The van der Waals surface area contributed by atoms with Gasteiger partial charge in [-0.2, -0.15) is 0 Å². The Bertz CT molecular complexity index is 1280. The van der Waals surface area contributed by atoms with Crippen molar-refractivity contribution < 1.29 is 21.9 Å². The number of pyridine rings is 1. The van der Waals surface area contributed by atoms with E-state index < -0.39 is 0 Å². The number of aromatic nitrogens is 1. The number of benzene rings is 3. The minimum absolute atomic E-state index is 0. The van der Waals surface area contributed by atoms with E-state index in [0.717, 1.165) is 16.5 Å². The number of carbonyl (C=O) groups excluding carboxylic acids is 1. The van der Waals surface area contributed by atoms with Gasteiger partial charge in [-0.25, -0.2) is 0 Å². The maximum absolute atomic E-state index is 13.5. The highest BCUT2D eigenvalue weighted by Crippen LogP contribution is 2.38. The molecule has 0 aliphatic rings. The molecule has 0 saturated heterocycles. The number of nitrogens with zero attached hydrogens (tertiary/aromatic N) is 1. The summed E-state index contributed by atoms with van der Waals surface area (Å²) in [7, 11) is 1.56. The number of para-hydroxylation sites is 2. The van der Waals surface area contributed by atoms with E-state index in [1.165, 1.54) is 0 Å². The topological polar surface area (TPSA) is 51.2 Å². The Morgan fingerprint density at radius 3 is 2.45 bits per heavy atom. The lowest BCUT2D eigenvalue weighted by molar-refractivity contribution is -0.0000138. The van der Waals surface area contributed by atoms with Gasteiger partial charge >= 0.3 is 0 Å². The molecule has 7 heteroatoms. The van der Waals surface area contributed by atoms with Crippen LogP contribution in [-0.2, 0) is 0 Å². The van der Waals surface area contributed by atoms with Gasteiger partial charge in [0.1, 0.15) is 5.75 Å². The number of anilines is 1. The zero-order valence-electron chi connectivity index (χ0n) is 16.7. The van der Waals surface area contributed by atoms with Crippen molar-refractivity contribution in [2.75, 3.05) is 12.4 Å². The Morgan fingerprint density at radius 2 is 1.71 bits per heavy atom. The molecule has 0 aliphatic heterocycles. The summed E-state index contributed by atoms with van der Waals surface area (Å²) in [6, 6.07) is 20.1. The maximum atomic E-state index is 13.5. The lowest BCUT2D eigenvalue weighted by atomic mass is 9.93. The molecule has 0 unspecified atom stereocenters. The van der Waals surface area contributed by atoms with E-state index in [4.69, 9.17) is 27.9 Å². The minimum Gasteiger partial charge on any atom is -1.00 e. The molecule has 0 fully saturated rings. The monoisotopic (exact) mass is 471 g/mol. The van der Waals surface area contributed by atoms with Gasteiger partial charge in [-0.1, -0.05) is 53.5 Å². The molecule has 4 nitrogen and oxygen atoms in total. The second-order valence-corrected chi connectivity index (χ2v) is 7.59. The Balaban J connectivity index is 0.00000272. The van der Waals surface area contributed by atoms with E-state index in [1.807, 2.05) is 49.4 Å². The minimum atomic E-state index is -0.304. The van der Waals surface area contributed by atoms with E-state index in [9.17, 15) is 4.79 Å². The second kappa shape index (κ2) is 9.56. The normalized spacial score (nSPS) is 10.5. The van der Waals surface area contributed by atoms with Crippen molar-refractivity contribution in [1.82, 2.24) is 4.98 Å². The number of halogens is 3. The lowest BCUT2D eigenvalue weighted by Crippen LogP contribution is -3.00. The molecule has 0 saturated carbocycles. The van der Waals surface area contributed by atoms with Crippen LogP contribution in [0, 0.1) is 6.92 Å². The molecule has 4 aromatic rings. The molecule has 0 spiro atoms. The molecule has 0 aliphatic carbocycles. The molecule has 1 N–H and O–H groups in total. The number of hydrogen-bond donors (Lipinski definition) is 1. The highest BCUT2D eigenvalue weighted by atomic mass is 35.5. The molecule has 0 atom stereocenters. The summed E-state index contributed by atoms with van der Waals surface area (Å²) < 4.78 is 5.36. The van der Waals surface area contributed by atoms with Crippen LogP contribution in [0.1, 0.15) is 16.1 Å². The smallest absolute Gasteiger partial charge is 0.258 e. The molecule has 1 aromatic heterocycles. The highest BCUT2D eigenvalue weighted by Gasteiger charge is 2.23. The van der Waals surface area contributed by atoms with Crippen molar-refractivity contribution >= 4 is 45.7 Å². The van der Waals surface area contributed by atoms with Gasteiger partial charge in [0.15, 0.2) is 0 Å². The standard InChI is InChI=1S/C24H18Cl2N2O2.ClH/c1-14-22(24(29)28-20-9-5-6-10-21(20)30-2)23(16-7-3-4-8-18(16)26)17-13-15(25)11-12-19(17)27-14;/h3-13H,1-2H3,(H,28,29);1H/p-1. The van der Waals surface area contributed by atoms with Crippen molar-refractivity contribution in [3.8, 4) is 16.9 Å². The Hall–Kier alpha value is -2.79. The Labute approximate surface area is 196 Å². The predicted octanol–water partition coefficient (Wildman–Crippen LogP) is 3.78. The number of nitrogens with one attached hydrogen (secondary N) is 1. The van der Waals surface area contributed by atoms with Gasteiger partial charge in [-0.3, -0.25) is 9.78 Å². The molecule has 0 bridgehead atoms. The number of amides is 1. The third-order valence-electron chi connectivity index (χ3n) is 4.85. The van der Waals surface area contributed by atoms with Gasteiger partial charge in [0, 0.05) is 26.6 Å². The van der Waals surface area contributed by atoms with Gasteiger partial charge in [-0.15, -0.1) is 0 Å². The second-order valence-electron chi connectivity index (χ2n) is 6.74. The van der Waals surface area contributed by atoms with Crippen molar-refractivity contribution in [2.45, 2.75) is 6.92 Å². The largest absolute Gasteiger partial charge is 1.00 e. The van der Waals surface area contributed by atoms with E-state index in [-0.39, 0.29) is 18.3 Å². The van der Waals surface area contributed by atoms with Crippen LogP contribution in [0.2, 0.25) is 10.0 Å². The van der Waals surface area contributed by atoms with Crippen molar-refractivity contribution in [3.63, 3.8) is 0 Å². The summed E-state index contributed by atoms with van der Waals surface area (Å²) >= 11 is 12.8. The number of methoxy groups -OCH3 is 1. The number of rotatable bonds is 4. The van der Waals surface area contributed by atoms with Gasteiger partial charge in [-0.05, 0) is 43.3 Å². The van der Waals surface area contributed by atoms with Crippen LogP contribution in [0.4, 0.5) is 5.69 Å². The summed E-state index contributed by atoms with van der Waals surface area (Å²) in [4.78, 5) is 18.1. The number of hydrogen-bond acceptors (Lipinski definition) is 3. The number of aryl methyl sites for hydroxylation is 1. The van der Waals surface area contributed by atoms with E-state index in [1.54, 1.807) is 31.4 Å². The molecule has 1 heterocycles. The fourth-order valence-electron chi connectivity index (χ4n) is 3.51. The average Bonchev–Trinajstić information content (AvgIpc) is 2.74. The lowest BCUT2D eigenvalue weighted by Gasteiger charge is -2.17. The van der Waals surface area contributed by atoms with Crippen LogP contribution in [0.5, 0.6) is 5.75 Å². The molecule has 158 valence electrons. The summed E-state index contributed by atoms with van der Waals surface area (Å²) in [5, 5.41) is 4.79. The maximum Gasteiger partial charge on any atom is 0.258 e. The fraction of sp³-hybridized carbons (Fsp3) is 0.0833. The van der Waals surface area contributed by atoms with Crippen LogP contribution < -0.4 is 22.5 Å². The average molecular weight is 473 g/mol. The van der Waals surface area contributed by atoms with Crippen LogP contribution >= 0.6 is 23.2 Å². The van der Waals surface area contributed by atoms with Crippen molar-refractivity contribution in [3.05, 3.63) is 88.0 Å². The van der Waals surface area contributed by atoms with Crippen LogP contribution in [0.3, 0.4) is 0 Å². The van der Waals surface area contributed by atoms with Gasteiger partial charge < -0.3 is 22.5 Å². The van der Waals surface area contributed by atoms with Crippen LogP contribution in [0.25, 0.3) is 22.0 Å². The first-order valence-corrected chi connectivity index (χ1v) is 10.0. The molecule has 1 amide bonds. The first-order chi connectivity index (χ1) is 14.5. The Kier molecular flexibility index (Phi) is 7.06. The molecule has 4 rings (SSSR count). The number of ether oxygens (including phenoxy) is 1. The van der Waals surface area contributed by atoms with Crippen molar-refractivity contribution in [1.29, 1.82) is 0 Å². The zero-order chi connectivity index (χ0) is 21.3. The highest BCUT2D eigenvalue weighted by molar-refractivity contribution is 6.35. The first-order valence-electron chi connectivity index (χ1n) is 9.28. The molecule has 31 heavy (non-hydrogen) atoms. The summed E-state index contributed by atoms with van der Waals surface area (Å²) in [5.41, 5.74) is 3.76. The molecule has 3 aromatic carbocycles. The molecular formula is C24H18Cl3N2O2-. The van der Waals surface area contributed by atoms with Gasteiger partial charge in [0.2, 0.25) is 0 Å². The van der Waals surface area contributed by atoms with E-state index in [2.05, 4.69) is 10.3 Å². The summed E-state index contributed by atoms with van der Waals surface area (Å²) in [5.74, 6) is 0.265. The summed E-state index contributed by atoms with van der Waals surface area (Å²) in [6.45, 7) is 1.81. The molecule has 0 radical (unpaired) electrons. The van der Waals surface area contributed by atoms with Gasteiger partial charge in [0.05, 0.1) is 29.6 Å². The van der Waals surface area contributed by atoms with E-state index in [0.29, 0.717) is 38.3 Å². The number of fused-ring (bicyclic) bond motifs is 1. The molecular weight excluding hydrogens is 455 g/mol. The van der Waals surface area contributed by atoms with Crippen LogP contribution in [-0.4, -0.2) is 18.0 Å². The van der Waals surface area contributed by atoms with E-state index >= 15 is 0 Å². The fourth-order valence-corrected chi connectivity index (χ4v) is 3.91.